The topological polar surface area (TPSA) is 51.1 Å². The van der Waals surface area contributed by atoms with Crippen molar-refractivity contribution >= 4 is 43.9 Å². The highest BCUT2D eigenvalue weighted by Gasteiger charge is 2.16. The normalized spacial score (nSPS) is 11.2. The van der Waals surface area contributed by atoms with Crippen molar-refractivity contribution in [1.82, 2.24) is 4.57 Å². The van der Waals surface area contributed by atoms with Gasteiger partial charge in [-0.05, 0) is 36.2 Å². The molecule has 0 aliphatic heterocycles. The number of aromatic nitrogens is 1. The fourth-order valence-electron chi connectivity index (χ4n) is 3.13. The first-order valence-electron chi connectivity index (χ1n) is 8.50. The number of hydrogen-bond donors (Lipinski definition) is 1. The van der Waals surface area contributed by atoms with Gasteiger partial charge in [-0.15, -0.1) is 11.3 Å². The van der Waals surface area contributed by atoms with Gasteiger partial charge >= 0.3 is 0 Å². The summed E-state index contributed by atoms with van der Waals surface area (Å²) >= 11 is 1.36. The van der Waals surface area contributed by atoms with Crippen molar-refractivity contribution in [3.63, 3.8) is 0 Å². The quantitative estimate of drug-likeness (QED) is 0.580. The van der Waals surface area contributed by atoms with Gasteiger partial charge in [-0.3, -0.25) is 9.59 Å². The summed E-state index contributed by atoms with van der Waals surface area (Å²) in [6.45, 7) is 2.09. The number of aryl methyl sites for hydroxylation is 2. The highest BCUT2D eigenvalue weighted by Crippen LogP contribution is 2.30. The molecular formula is C21H18N2O2S. The second kappa shape index (κ2) is 6.42. The molecule has 2 aromatic heterocycles. The van der Waals surface area contributed by atoms with Crippen LogP contribution in [0, 0.1) is 0 Å². The minimum atomic E-state index is -0.193. The molecule has 1 N–H and O–H groups in total. The van der Waals surface area contributed by atoms with Crippen LogP contribution in [-0.4, -0.2) is 10.5 Å². The van der Waals surface area contributed by atoms with Crippen LogP contribution in [0.3, 0.4) is 0 Å². The zero-order valence-electron chi connectivity index (χ0n) is 14.6. The third kappa shape index (κ3) is 2.70. The SMILES string of the molecule is CCc1ccc(NC(=O)c2cc3c(=O)n(C)c4ccccc4c3s2)cc1. The van der Waals surface area contributed by atoms with Gasteiger partial charge in [0.2, 0.25) is 0 Å². The molecule has 0 radical (unpaired) electrons. The lowest BCUT2D eigenvalue weighted by molar-refractivity contribution is 0.103. The maximum atomic E-state index is 12.7. The van der Waals surface area contributed by atoms with E-state index in [2.05, 4.69) is 12.2 Å². The lowest BCUT2D eigenvalue weighted by atomic mass is 10.1. The Morgan fingerprint density at radius 2 is 1.81 bits per heavy atom. The van der Waals surface area contributed by atoms with Gasteiger partial charge in [0, 0.05) is 22.8 Å². The van der Waals surface area contributed by atoms with Crippen molar-refractivity contribution in [2.75, 3.05) is 5.32 Å². The number of rotatable bonds is 3. The van der Waals surface area contributed by atoms with E-state index in [0.717, 1.165) is 27.7 Å². The molecule has 0 atom stereocenters. The zero-order chi connectivity index (χ0) is 18.3. The van der Waals surface area contributed by atoms with Crippen LogP contribution in [0.25, 0.3) is 21.0 Å². The molecule has 4 nitrogen and oxygen atoms in total. The van der Waals surface area contributed by atoms with E-state index in [4.69, 9.17) is 0 Å². The average molecular weight is 362 g/mol. The van der Waals surface area contributed by atoms with Crippen LogP contribution in [0.1, 0.15) is 22.2 Å². The Morgan fingerprint density at radius 1 is 1.08 bits per heavy atom. The number of nitrogens with zero attached hydrogens (tertiary/aromatic N) is 1. The first-order chi connectivity index (χ1) is 12.6. The van der Waals surface area contributed by atoms with E-state index >= 15 is 0 Å². The van der Waals surface area contributed by atoms with Crippen molar-refractivity contribution in [3.8, 4) is 0 Å². The Kier molecular flexibility index (Phi) is 4.09. The monoisotopic (exact) mass is 362 g/mol. The molecule has 0 unspecified atom stereocenters. The summed E-state index contributed by atoms with van der Waals surface area (Å²) in [5.74, 6) is -0.193. The molecule has 0 bridgehead atoms. The summed E-state index contributed by atoms with van der Waals surface area (Å²) in [4.78, 5) is 25.8. The third-order valence-electron chi connectivity index (χ3n) is 4.62. The van der Waals surface area contributed by atoms with Gasteiger partial charge in [-0.25, -0.2) is 0 Å². The van der Waals surface area contributed by atoms with Crippen LogP contribution >= 0.6 is 11.3 Å². The number of fused-ring (bicyclic) bond motifs is 3. The Bertz CT molecular complexity index is 1190. The van der Waals surface area contributed by atoms with Crippen LogP contribution < -0.4 is 10.9 Å². The van der Waals surface area contributed by atoms with Gasteiger partial charge in [0.05, 0.1) is 15.8 Å². The molecule has 0 spiro atoms. The number of thiophene rings is 1. The molecule has 4 rings (SSSR count). The van der Waals surface area contributed by atoms with E-state index in [1.54, 1.807) is 17.7 Å². The zero-order valence-corrected chi connectivity index (χ0v) is 15.4. The predicted molar refractivity (Wildman–Crippen MR) is 108 cm³/mol. The fraction of sp³-hybridized carbons (Fsp3) is 0.143. The number of carbonyl (C=O) groups excluding carboxylic acids is 1. The van der Waals surface area contributed by atoms with E-state index in [1.165, 1.54) is 16.9 Å². The van der Waals surface area contributed by atoms with Crippen LogP contribution in [0.15, 0.2) is 59.4 Å². The molecule has 26 heavy (non-hydrogen) atoms. The molecule has 4 aromatic rings. The maximum absolute atomic E-state index is 12.7. The number of benzene rings is 2. The lowest BCUT2D eigenvalue weighted by Crippen LogP contribution is -2.16. The van der Waals surface area contributed by atoms with Crippen molar-refractivity contribution in [1.29, 1.82) is 0 Å². The minimum absolute atomic E-state index is 0.0821. The first-order valence-corrected chi connectivity index (χ1v) is 9.31. The minimum Gasteiger partial charge on any atom is -0.321 e. The van der Waals surface area contributed by atoms with Gasteiger partial charge < -0.3 is 9.88 Å². The van der Waals surface area contributed by atoms with Crippen LogP contribution in [0.5, 0.6) is 0 Å². The smallest absolute Gasteiger partial charge is 0.265 e. The molecule has 130 valence electrons. The molecule has 2 heterocycles. The summed E-state index contributed by atoms with van der Waals surface area (Å²) in [6, 6.07) is 17.3. The molecule has 1 amide bonds. The predicted octanol–water partition coefficient (Wildman–Crippen LogP) is 4.57. The Labute approximate surface area is 154 Å². The Hall–Kier alpha value is -2.92. The number of nitrogens with one attached hydrogen (secondary N) is 1. The summed E-state index contributed by atoms with van der Waals surface area (Å²) in [7, 11) is 1.76. The van der Waals surface area contributed by atoms with Gasteiger partial charge in [0.15, 0.2) is 0 Å². The third-order valence-corrected chi connectivity index (χ3v) is 5.79. The first kappa shape index (κ1) is 16.5. The average Bonchev–Trinajstić information content (AvgIpc) is 3.13. The number of para-hydroxylation sites is 1. The number of pyridine rings is 1. The molecule has 0 saturated heterocycles. The molecule has 0 saturated carbocycles. The number of hydrogen-bond acceptors (Lipinski definition) is 3. The van der Waals surface area contributed by atoms with Crippen LogP contribution in [-0.2, 0) is 13.5 Å². The van der Waals surface area contributed by atoms with Crippen molar-refractivity contribution in [3.05, 3.63) is 75.4 Å². The van der Waals surface area contributed by atoms with Gasteiger partial charge in [-0.1, -0.05) is 37.3 Å². The van der Waals surface area contributed by atoms with E-state index in [-0.39, 0.29) is 11.5 Å². The van der Waals surface area contributed by atoms with Crippen LogP contribution in [0.2, 0.25) is 0 Å². The summed E-state index contributed by atoms with van der Waals surface area (Å²) in [6.07, 6.45) is 0.959. The molecule has 2 aromatic carbocycles. The van der Waals surface area contributed by atoms with Gasteiger partial charge in [0.1, 0.15) is 0 Å². The lowest BCUT2D eigenvalue weighted by Gasteiger charge is -2.05. The Morgan fingerprint density at radius 3 is 2.54 bits per heavy atom. The summed E-state index contributed by atoms with van der Waals surface area (Å²) in [5.41, 5.74) is 2.76. The Balaban J connectivity index is 1.77. The molecular weight excluding hydrogens is 344 g/mol. The largest absolute Gasteiger partial charge is 0.321 e. The van der Waals surface area contributed by atoms with Crippen molar-refractivity contribution in [2.45, 2.75) is 13.3 Å². The van der Waals surface area contributed by atoms with Gasteiger partial charge in [-0.2, -0.15) is 0 Å². The van der Waals surface area contributed by atoms with Gasteiger partial charge in [0.25, 0.3) is 11.5 Å². The van der Waals surface area contributed by atoms with E-state index < -0.39 is 0 Å². The van der Waals surface area contributed by atoms with E-state index in [1.807, 2.05) is 48.5 Å². The number of anilines is 1. The standard InChI is InChI=1S/C21H18N2O2S/c1-3-13-8-10-14(11-9-13)22-20(24)18-12-16-19(26-18)15-6-4-5-7-17(15)23(2)21(16)25/h4-12H,3H2,1-2H3,(H,22,24). The van der Waals surface area contributed by atoms with E-state index in [0.29, 0.717) is 10.3 Å². The van der Waals surface area contributed by atoms with Crippen molar-refractivity contribution in [2.24, 2.45) is 7.05 Å². The van der Waals surface area contributed by atoms with E-state index in [9.17, 15) is 9.59 Å². The number of carbonyl (C=O) groups is 1. The second-order valence-corrected chi connectivity index (χ2v) is 7.29. The fourth-order valence-corrected chi connectivity index (χ4v) is 4.21. The van der Waals surface area contributed by atoms with Crippen molar-refractivity contribution < 1.29 is 4.79 Å². The maximum Gasteiger partial charge on any atom is 0.265 e. The highest BCUT2D eigenvalue weighted by atomic mass is 32.1. The molecule has 0 fully saturated rings. The second-order valence-electron chi connectivity index (χ2n) is 6.24. The highest BCUT2D eigenvalue weighted by molar-refractivity contribution is 7.21. The molecule has 0 aliphatic rings. The molecule has 0 aliphatic carbocycles. The summed E-state index contributed by atoms with van der Waals surface area (Å²) in [5, 5.41) is 4.49. The summed E-state index contributed by atoms with van der Waals surface area (Å²) < 4.78 is 2.49. The van der Waals surface area contributed by atoms with Crippen LogP contribution in [0.4, 0.5) is 5.69 Å². The molecule has 5 heteroatoms. The number of amides is 1.